The van der Waals surface area contributed by atoms with Crippen LogP contribution in [-0.4, -0.2) is 9.55 Å². The van der Waals surface area contributed by atoms with Crippen molar-refractivity contribution in [3.05, 3.63) is 42.0 Å². The molecule has 0 radical (unpaired) electrons. The fourth-order valence-electron chi connectivity index (χ4n) is 1.41. The molecule has 0 saturated heterocycles. The smallest absolute Gasteiger partial charge is 0.143 e. The summed E-state index contributed by atoms with van der Waals surface area (Å²) in [5.41, 5.74) is 0.815. The summed E-state index contributed by atoms with van der Waals surface area (Å²) < 4.78 is 15.0. The summed E-state index contributed by atoms with van der Waals surface area (Å²) in [6.45, 7) is 0. The van der Waals surface area contributed by atoms with E-state index < -0.39 is 0 Å². The molecule has 0 aliphatic heterocycles. The number of halogens is 1. The van der Waals surface area contributed by atoms with Crippen LogP contribution in [0.4, 0.5) is 4.39 Å². The van der Waals surface area contributed by atoms with Crippen LogP contribution in [0.3, 0.4) is 0 Å². The van der Waals surface area contributed by atoms with Crippen molar-refractivity contribution in [2.45, 2.75) is 0 Å². The largest absolute Gasteiger partial charge is 0.319 e. The molecule has 0 aliphatic carbocycles. The molecule has 0 unspecified atom stereocenters. The van der Waals surface area contributed by atoms with Crippen molar-refractivity contribution in [2.24, 2.45) is 7.05 Å². The summed E-state index contributed by atoms with van der Waals surface area (Å²) in [6.07, 6.45) is 1.43. The molecule has 0 bridgehead atoms. The molecule has 3 nitrogen and oxygen atoms in total. The Labute approximate surface area is 86.4 Å². The Balaban J connectivity index is 2.61. The zero-order valence-electron chi connectivity index (χ0n) is 8.11. The van der Waals surface area contributed by atoms with Gasteiger partial charge in [0.1, 0.15) is 23.4 Å². The number of benzene rings is 1. The number of hydrogen-bond acceptors (Lipinski definition) is 2. The second-order valence-electron chi connectivity index (χ2n) is 3.12. The van der Waals surface area contributed by atoms with E-state index in [0.717, 1.165) is 0 Å². The van der Waals surface area contributed by atoms with Crippen molar-refractivity contribution in [2.75, 3.05) is 0 Å². The van der Waals surface area contributed by atoms with E-state index in [2.05, 4.69) is 4.98 Å². The lowest BCUT2D eigenvalue weighted by Gasteiger charge is -2.02. The molecule has 15 heavy (non-hydrogen) atoms. The van der Waals surface area contributed by atoms with Crippen LogP contribution in [0.2, 0.25) is 0 Å². The lowest BCUT2D eigenvalue weighted by atomic mass is 10.2. The van der Waals surface area contributed by atoms with Gasteiger partial charge < -0.3 is 4.57 Å². The predicted molar refractivity (Wildman–Crippen MR) is 53.3 cm³/mol. The second-order valence-corrected chi connectivity index (χ2v) is 3.12. The third-order valence-electron chi connectivity index (χ3n) is 2.22. The number of imidazole rings is 1. The van der Waals surface area contributed by atoms with Gasteiger partial charge in [0.15, 0.2) is 0 Å². The summed E-state index contributed by atoms with van der Waals surface area (Å²) in [4.78, 5) is 4.02. The Morgan fingerprint density at radius 2 is 2.13 bits per heavy atom. The van der Waals surface area contributed by atoms with Gasteiger partial charge in [-0.2, -0.15) is 5.26 Å². The van der Waals surface area contributed by atoms with Gasteiger partial charge in [0, 0.05) is 7.05 Å². The van der Waals surface area contributed by atoms with Crippen LogP contribution in [0.1, 0.15) is 5.69 Å². The normalized spacial score (nSPS) is 9.93. The van der Waals surface area contributed by atoms with Crippen molar-refractivity contribution < 1.29 is 4.39 Å². The first kappa shape index (κ1) is 9.41. The molecule has 0 spiro atoms. The van der Waals surface area contributed by atoms with Gasteiger partial charge in [-0.3, -0.25) is 0 Å². The van der Waals surface area contributed by atoms with Gasteiger partial charge in [0.25, 0.3) is 0 Å². The zero-order valence-corrected chi connectivity index (χ0v) is 8.11. The van der Waals surface area contributed by atoms with Crippen LogP contribution in [0.5, 0.6) is 0 Å². The lowest BCUT2D eigenvalue weighted by molar-refractivity contribution is 0.628. The highest BCUT2D eigenvalue weighted by Gasteiger charge is 2.11. The molecule has 0 aliphatic rings. The summed E-state index contributed by atoms with van der Waals surface area (Å²) in [6, 6.07) is 8.34. The molecule has 1 aromatic heterocycles. The Hall–Kier alpha value is -2.15. The molecule has 2 aromatic rings. The quantitative estimate of drug-likeness (QED) is 0.709. The summed E-state index contributed by atoms with van der Waals surface area (Å²) in [7, 11) is 1.69. The number of hydrogen-bond donors (Lipinski definition) is 0. The van der Waals surface area contributed by atoms with Crippen LogP contribution in [0, 0.1) is 17.1 Å². The second kappa shape index (κ2) is 3.54. The molecule has 0 fully saturated rings. The monoisotopic (exact) mass is 201 g/mol. The van der Waals surface area contributed by atoms with Gasteiger partial charge in [-0.1, -0.05) is 12.1 Å². The fourth-order valence-corrected chi connectivity index (χ4v) is 1.41. The van der Waals surface area contributed by atoms with E-state index in [9.17, 15) is 4.39 Å². The molecule has 1 aromatic carbocycles. The molecule has 74 valence electrons. The Bertz CT molecular complexity index is 537. The topological polar surface area (TPSA) is 41.6 Å². The van der Waals surface area contributed by atoms with E-state index in [0.29, 0.717) is 17.1 Å². The predicted octanol–water partition coefficient (Wildman–Crippen LogP) is 2.10. The minimum Gasteiger partial charge on any atom is -0.319 e. The average Bonchev–Trinajstić information content (AvgIpc) is 2.60. The third-order valence-corrected chi connectivity index (χ3v) is 2.22. The molecular weight excluding hydrogens is 193 g/mol. The van der Waals surface area contributed by atoms with Gasteiger partial charge in [0.2, 0.25) is 0 Å². The molecular formula is C11H8FN3. The van der Waals surface area contributed by atoms with E-state index in [4.69, 9.17) is 5.26 Å². The first-order valence-electron chi connectivity index (χ1n) is 4.40. The number of rotatable bonds is 1. The van der Waals surface area contributed by atoms with Crippen molar-refractivity contribution in [3.63, 3.8) is 0 Å². The molecule has 0 atom stereocenters. The standard InChI is InChI=1S/C11H8FN3/c1-15-8(6-13)7-14-11(15)9-4-2-3-5-10(9)12/h2-5,7H,1H3. The minimum atomic E-state index is -0.337. The van der Waals surface area contributed by atoms with Gasteiger partial charge in [-0.25, -0.2) is 9.37 Å². The van der Waals surface area contributed by atoms with Crippen LogP contribution in [0.15, 0.2) is 30.5 Å². The van der Waals surface area contributed by atoms with Gasteiger partial charge in [-0.05, 0) is 12.1 Å². The molecule has 4 heteroatoms. The number of aromatic nitrogens is 2. The molecule has 1 heterocycles. The van der Waals surface area contributed by atoms with E-state index in [-0.39, 0.29) is 5.82 Å². The Morgan fingerprint density at radius 1 is 1.40 bits per heavy atom. The maximum absolute atomic E-state index is 13.4. The van der Waals surface area contributed by atoms with E-state index in [1.54, 1.807) is 29.8 Å². The van der Waals surface area contributed by atoms with Crippen molar-refractivity contribution in [1.82, 2.24) is 9.55 Å². The van der Waals surface area contributed by atoms with Crippen LogP contribution in [0.25, 0.3) is 11.4 Å². The maximum Gasteiger partial charge on any atom is 0.143 e. The van der Waals surface area contributed by atoms with E-state index in [1.807, 2.05) is 6.07 Å². The Morgan fingerprint density at radius 3 is 2.73 bits per heavy atom. The van der Waals surface area contributed by atoms with Crippen molar-refractivity contribution in [1.29, 1.82) is 5.26 Å². The Kier molecular flexibility index (Phi) is 2.22. The first-order valence-corrected chi connectivity index (χ1v) is 4.40. The highest BCUT2D eigenvalue weighted by Crippen LogP contribution is 2.21. The van der Waals surface area contributed by atoms with Crippen LogP contribution >= 0.6 is 0 Å². The highest BCUT2D eigenvalue weighted by molar-refractivity contribution is 5.57. The fraction of sp³-hybridized carbons (Fsp3) is 0.0909. The SMILES string of the molecule is Cn1c(C#N)cnc1-c1ccccc1F. The molecule has 0 saturated carbocycles. The third kappa shape index (κ3) is 1.48. The maximum atomic E-state index is 13.4. The first-order chi connectivity index (χ1) is 7.24. The summed E-state index contributed by atoms with van der Waals surface area (Å²) in [5.74, 6) is 0.125. The molecule has 2 rings (SSSR count). The van der Waals surface area contributed by atoms with E-state index in [1.165, 1.54) is 12.3 Å². The number of nitriles is 1. The lowest BCUT2D eigenvalue weighted by Crippen LogP contribution is -1.96. The van der Waals surface area contributed by atoms with E-state index >= 15 is 0 Å². The van der Waals surface area contributed by atoms with Crippen molar-refractivity contribution in [3.8, 4) is 17.5 Å². The molecule has 0 N–H and O–H groups in total. The minimum absolute atomic E-state index is 0.337. The van der Waals surface area contributed by atoms with Crippen LogP contribution < -0.4 is 0 Å². The van der Waals surface area contributed by atoms with Crippen molar-refractivity contribution >= 4 is 0 Å². The van der Waals surface area contributed by atoms with Gasteiger partial charge >= 0.3 is 0 Å². The zero-order chi connectivity index (χ0) is 10.8. The molecule has 0 amide bonds. The summed E-state index contributed by atoms with van der Waals surface area (Å²) in [5, 5.41) is 8.74. The van der Waals surface area contributed by atoms with Crippen LogP contribution in [-0.2, 0) is 7.05 Å². The highest BCUT2D eigenvalue weighted by atomic mass is 19.1. The average molecular weight is 201 g/mol. The number of nitrogens with zero attached hydrogens (tertiary/aromatic N) is 3. The van der Waals surface area contributed by atoms with Gasteiger partial charge in [0.05, 0.1) is 11.8 Å². The summed E-state index contributed by atoms with van der Waals surface area (Å²) >= 11 is 0. The van der Waals surface area contributed by atoms with Gasteiger partial charge in [-0.15, -0.1) is 0 Å².